The van der Waals surface area contributed by atoms with Crippen molar-refractivity contribution in [2.45, 2.75) is 13.8 Å². The van der Waals surface area contributed by atoms with E-state index < -0.39 is 0 Å². The molecule has 2 rings (SSSR count). The van der Waals surface area contributed by atoms with E-state index in [9.17, 15) is 4.79 Å². The molecule has 2 heterocycles. The highest BCUT2D eigenvalue weighted by Crippen LogP contribution is 2.29. The first kappa shape index (κ1) is 11.4. The van der Waals surface area contributed by atoms with Gasteiger partial charge in [0.1, 0.15) is 11.4 Å². The Balaban J connectivity index is 2.71. The molecule has 0 amide bonds. The van der Waals surface area contributed by atoms with Gasteiger partial charge in [0.05, 0.1) is 12.8 Å². The van der Waals surface area contributed by atoms with Gasteiger partial charge in [-0.2, -0.15) is 5.10 Å². The van der Waals surface area contributed by atoms with Gasteiger partial charge in [-0.25, -0.2) is 9.67 Å². The quantitative estimate of drug-likeness (QED) is 0.834. The first-order valence-electron chi connectivity index (χ1n) is 5.19. The molecule has 0 bridgehead atoms. The van der Waals surface area contributed by atoms with Crippen molar-refractivity contribution in [1.29, 1.82) is 0 Å². The topological polar surface area (TPSA) is 72.8 Å². The number of aromatic nitrogens is 4. The van der Waals surface area contributed by atoms with E-state index in [4.69, 9.17) is 4.74 Å². The summed E-state index contributed by atoms with van der Waals surface area (Å²) in [5, 5.41) is 4.25. The minimum absolute atomic E-state index is 0.183. The average Bonchev–Trinajstić information content (AvgIpc) is 2.51. The Morgan fingerprint density at radius 2 is 2.12 bits per heavy atom. The molecule has 90 valence electrons. The monoisotopic (exact) mass is 234 g/mol. The molecule has 6 nitrogen and oxygen atoms in total. The summed E-state index contributed by atoms with van der Waals surface area (Å²) in [4.78, 5) is 18.4. The molecule has 1 N–H and O–H groups in total. The lowest BCUT2D eigenvalue weighted by atomic mass is 10.2. The van der Waals surface area contributed by atoms with Crippen LogP contribution in [0, 0.1) is 13.8 Å². The summed E-state index contributed by atoms with van der Waals surface area (Å²) in [7, 11) is 3.34. The number of hydrogen-bond donors (Lipinski definition) is 1. The van der Waals surface area contributed by atoms with E-state index in [1.54, 1.807) is 25.8 Å². The van der Waals surface area contributed by atoms with Crippen molar-refractivity contribution in [2.75, 3.05) is 7.11 Å². The molecule has 0 aromatic carbocycles. The molecule has 2 aromatic heterocycles. The maximum Gasteiger partial charge on any atom is 0.251 e. The maximum atomic E-state index is 11.4. The Morgan fingerprint density at radius 1 is 1.41 bits per heavy atom. The summed E-state index contributed by atoms with van der Waals surface area (Å²) >= 11 is 0. The van der Waals surface area contributed by atoms with Gasteiger partial charge in [-0.15, -0.1) is 0 Å². The molecule has 0 aliphatic rings. The van der Waals surface area contributed by atoms with E-state index in [1.807, 2.05) is 6.92 Å². The fourth-order valence-electron chi connectivity index (χ4n) is 1.84. The number of aryl methyl sites for hydroxylation is 3. The first-order chi connectivity index (χ1) is 8.02. The molecule has 0 fully saturated rings. The smallest absolute Gasteiger partial charge is 0.251 e. The fraction of sp³-hybridized carbons (Fsp3) is 0.364. The van der Waals surface area contributed by atoms with Crippen LogP contribution in [0.25, 0.3) is 11.4 Å². The van der Waals surface area contributed by atoms with Crippen molar-refractivity contribution >= 4 is 0 Å². The van der Waals surface area contributed by atoms with Gasteiger partial charge in [-0.05, 0) is 13.8 Å². The second-order valence-electron chi connectivity index (χ2n) is 3.83. The van der Waals surface area contributed by atoms with Crippen molar-refractivity contribution in [3.8, 4) is 17.3 Å². The van der Waals surface area contributed by atoms with Crippen molar-refractivity contribution < 1.29 is 4.74 Å². The van der Waals surface area contributed by atoms with Gasteiger partial charge in [0.15, 0.2) is 0 Å². The van der Waals surface area contributed by atoms with Crippen LogP contribution in [-0.2, 0) is 7.05 Å². The molecule has 0 aliphatic heterocycles. The molecule has 2 aromatic rings. The molecule has 0 spiro atoms. The van der Waals surface area contributed by atoms with Gasteiger partial charge in [0.25, 0.3) is 5.56 Å². The van der Waals surface area contributed by atoms with Crippen molar-refractivity contribution in [3.63, 3.8) is 0 Å². The SMILES string of the molecule is COc1c(-c2nc(C)cc(=O)[nH]2)c(C)nn1C. The van der Waals surface area contributed by atoms with E-state index in [0.29, 0.717) is 17.4 Å². The van der Waals surface area contributed by atoms with E-state index >= 15 is 0 Å². The predicted octanol–water partition coefficient (Wildman–Crippen LogP) is 0.796. The van der Waals surface area contributed by atoms with Crippen molar-refractivity contribution in [1.82, 2.24) is 19.7 Å². The number of hydrogen-bond acceptors (Lipinski definition) is 4. The van der Waals surface area contributed by atoms with Crippen LogP contribution in [0.3, 0.4) is 0 Å². The van der Waals surface area contributed by atoms with Gasteiger partial charge in [0, 0.05) is 18.8 Å². The summed E-state index contributed by atoms with van der Waals surface area (Å²) < 4.78 is 6.89. The van der Waals surface area contributed by atoms with E-state index in [1.165, 1.54) is 6.07 Å². The predicted molar refractivity (Wildman–Crippen MR) is 63.1 cm³/mol. The largest absolute Gasteiger partial charge is 0.481 e. The molecule has 0 saturated carbocycles. The van der Waals surface area contributed by atoms with E-state index in [0.717, 1.165) is 11.3 Å². The Bertz CT molecular complexity index is 612. The summed E-state index contributed by atoms with van der Waals surface area (Å²) in [6.07, 6.45) is 0. The lowest BCUT2D eigenvalue weighted by molar-refractivity contribution is 0.374. The summed E-state index contributed by atoms with van der Waals surface area (Å²) in [6, 6.07) is 1.45. The lowest BCUT2D eigenvalue weighted by Gasteiger charge is -2.04. The van der Waals surface area contributed by atoms with Crippen LogP contribution < -0.4 is 10.3 Å². The number of aromatic amines is 1. The second-order valence-corrected chi connectivity index (χ2v) is 3.83. The standard InChI is InChI=1S/C11H14N4O2/c1-6-5-8(16)13-10(12-6)9-7(2)14-15(3)11(9)17-4/h5H,1-4H3,(H,12,13,16). The van der Waals surface area contributed by atoms with Crippen LogP contribution in [0.5, 0.6) is 5.88 Å². The minimum atomic E-state index is -0.183. The third-order valence-corrected chi connectivity index (χ3v) is 2.47. The zero-order valence-corrected chi connectivity index (χ0v) is 10.2. The molecule has 0 saturated heterocycles. The summed E-state index contributed by atoms with van der Waals surface area (Å²) in [6.45, 7) is 3.62. The molecule has 0 atom stereocenters. The zero-order valence-electron chi connectivity index (χ0n) is 10.2. The second kappa shape index (κ2) is 4.04. The third-order valence-electron chi connectivity index (χ3n) is 2.47. The van der Waals surface area contributed by atoms with Crippen LogP contribution in [0.15, 0.2) is 10.9 Å². The molecule has 6 heteroatoms. The van der Waals surface area contributed by atoms with Crippen LogP contribution >= 0.6 is 0 Å². The van der Waals surface area contributed by atoms with Gasteiger partial charge in [-0.1, -0.05) is 0 Å². The van der Waals surface area contributed by atoms with Crippen molar-refractivity contribution in [3.05, 3.63) is 27.8 Å². The highest BCUT2D eigenvalue weighted by molar-refractivity contribution is 5.64. The molecular formula is C11H14N4O2. The van der Waals surface area contributed by atoms with Gasteiger partial charge >= 0.3 is 0 Å². The van der Waals surface area contributed by atoms with E-state index in [-0.39, 0.29) is 5.56 Å². The Hall–Kier alpha value is -2.11. The molecule has 0 radical (unpaired) electrons. The maximum absolute atomic E-state index is 11.4. The van der Waals surface area contributed by atoms with Crippen molar-refractivity contribution in [2.24, 2.45) is 7.05 Å². The van der Waals surface area contributed by atoms with Crippen LogP contribution in [0.1, 0.15) is 11.4 Å². The van der Waals surface area contributed by atoms with Crippen LogP contribution in [0.2, 0.25) is 0 Å². The minimum Gasteiger partial charge on any atom is -0.481 e. The number of nitrogens with one attached hydrogen (secondary N) is 1. The number of methoxy groups -OCH3 is 1. The third kappa shape index (κ3) is 1.93. The fourth-order valence-corrected chi connectivity index (χ4v) is 1.84. The van der Waals surface area contributed by atoms with Gasteiger partial charge in [0.2, 0.25) is 5.88 Å². The number of nitrogens with zero attached hydrogens (tertiary/aromatic N) is 3. The normalized spacial score (nSPS) is 10.6. The highest BCUT2D eigenvalue weighted by Gasteiger charge is 2.17. The van der Waals surface area contributed by atoms with Gasteiger partial charge < -0.3 is 9.72 Å². The van der Waals surface area contributed by atoms with Gasteiger partial charge in [-0.3, -0.25) is 4.79 Å². The number of ether oxygens (including phenoxy) is 1. The molecular weight excluding hydrogens is 220 g/mol. The summed E-state index contributed by atoms with van der Waals surface area (Å²) in [5.74, 6) is 1.06. The number of rotatable bonds is 2. The Morgan fingerprint density at radius 3 is 2.71 bits per heavy atom. The lowest BCUT2D eigenvalue weighted by Crippen LogP contribution is -2.09. The van der Waals surface area contributed by atoms with Crippen LogP contribution in [0.4, 0.5) is 0 Å². The first-order valence-corrected chi connectivity index (χ1v) is 5.19. The molecule has 0 unspecified atom stereocenters. The molecule has 0 aliphatic carbocycles. The highest BCUT2D eigenvalue weighted by atomic mass is 16.5. The Labute approximate surface area is 98.3 Å². The van der Waals surface area contributed by atoms with E-state index in [2.05, 4.69) is 15.1 Å². The number of H-pyrrole nitrogens is 1. The average molecular weight is 234 g/mol. The zero-order chi connectivity index (χ0) is 12.6. The van der Waals surface area contributed by atoms with Crippen LogP contribution in [-0.4, -0.2) is 26.9 Å². The summed E-state index contributed by atoms with van der Waals surface area (Å²) in [5.41, 5.74) is 1.96. The molecule has 17 heavy (non-hydrogen) atoms. The Kier molecular flexibility index (Phi) is 2.71.